The first-order valence-electron chi connectivity index (χ1n) is 12.7. The molecule has 16 heteroatoms. The molecule has 2 saturated heterocycles. The van der Waals surface area contributed by atoms with Crippen LogP contribution < -0.4 is 10.6 Å². The summed E-state index contributed by atoms with van der Waals surface area (Å²) in [4.78, 5) is 34.9. The van der Waals surface area contributed by atoms with E-state index in [2.05, 4.69) is 15.4 Å². The van der Waals surface area contributed by atoms with E-state index in [0.29, 0.717) is 12.8 Å². The number of esters is 1. The maximum absolute atomic E-state index is 12.0. The Kier molecular flexibility index (Phi) is 13.9. The summed E-state index contributed by atoms with van der Waals surface area (Å²) in [6.07, 6.45) is -12.1. The summed E-state index contributed by atoms with van der Waals surface area (Å²) in [6.45, 7) is -0.221. The first kappa shape index (κ1) is 33.2. The Bertz CT molecular complexity index is 786. The van der Waals surface area contributed by atoms with Crippen LogP contribution in [0.1, 0.15) is 32.6 Å². The maximum atomic E-state index is 12.0. The van der Waals surface area contributed by atoms with Gasteiger partial charge in [-0.1, -0.05) is 0 Å². The fraction of sp³-hybridized carbons (Fsp3) is 0.870. The van der Waals surface area contributed by atoms with Crippen LogP contribution in [0.25, 0.3) is 0 Å². The Balaban J connectivity index is 1.95. The van der Waals surface area contributed by atoms with Gasteiger partial charge in [-0.15, -0.1) is 0 Å². The van der Waals surface area contributed by atoms with Gasteiger partial charge in [-0.3, -0.25) is 14.4 Å². The number of ether oxygens (including phenoxy) is 5. The highest BCUT2D eigenvalue weighted by Gasteiger charge is 2.51. The molecule has 0 saturated carbocycles. The Labute approximate surface area is 225 Å². The van der Waals surface area contributed by atoms with Gasteiger partial charge in [0.25, 0.3) is 0 Å². The van der Waals surface area contributed by atoms with Crippen LogP contribution in [0.5, 0.6) is 0 Å². The molecule has 39 heavy (non-hydrogen) atoms. The van der Waals surface area contributed by atoms with Crippen LogP contribution in [0.2, 0.25) is 0 Å². The van der Waals surface area contributed by atoms with Crippen molar-refractivity contribution in [3.63, 3.8) is 0 Å². The minimum atomic E-state index is -1.77. The van der Waals surface area contributed by atoms with E-state index < -0.39 is 80.5 Å². The lowest BCUT2D eigenvalue weighted by Gasteiger charge is -2.47. The van der Waals surface area contributed by atoms with Gasteiger partial charge in [0.1, 0.15) is 48.8 Å². The molecular weight excluding hydrogens is 528 g/mol. The number of amides is 2. The molecule has 0 unspecified atom stereocenters. The van der Waals surface area contributed by atoms with E-state index in [4.69, 9.17) is 18.9 Å². The average Bonchev–Trinajstić information content (AvgIpc) is 2.91. The van der Waals surface area contributed by atoms with E-state index in [1.54, 1.807) is 0 Å². The highest BCUT2D eigenvalue weighted by atomic mass is 16.7. The van der Waals surface area contributed by atoms with Crippen LogP contribution in [0, 0.1) is 0 Å². The molecule has 0 aromatic rings. The number of unbranched alkanes of at least 4 members (excludes halogenated alkanes) is 1. The quantitative estimate of drug-likeness (QED) is 0.0729. The third-order valence-corrected chi connectivity index (χ3v) is 6.33. The summed E-state index contributed by atoms with van der Waals surface area (Å²) in [5, 5.41) is 65.6. The third-order valence-electron chi connectivity index (χ3n) is 6.33. The second-order valence-corrected chi connectivity index (χ2v) is 9.24. The Morgan fingerprint density at radius 2 is 1.49 bits per heavy atom. The van der Waals surface area contributed by atoms with Crippen molar-refractivity contribution in [3.05, 3.63) is 0 Å². The monoisotopic (exact) mass is 568 g/mol. The molecule has 0 spiro atoms. The molecular formula is C23H40N2O14. The molecule has 8 N–H and O–H groups in total. The van der Waals surface area contributed by atoms with Crippen molar-refractivity contribution in [2.45, 2.75) is 94.0 Å². The number of nitrogens with one attached hydrogen (secondary N) is 2. The zero-order chi connectivity index (χ0) is 29.1. The van der Waals surface area contributed by atoms with Gasteiger partial charge in [-0.25, -0.2) is 0 Å². The number of aliphatic hydroxyl groups excluding tert-OH is 6. The van der Waals surface area contributed by atoms with Gasteiger partial charge in [0.15, 0.2) is 12.6 Å². The predicted molar refractivity (Wildman–Crippen MR) is 127 cm³/mol. The van der Waals surface area contributed by atoms with E-state index in [-0.39, 0.29) is 37.9 Å². The van der Waals surface area contributed by atoms with Crippen LogP contribution in [-0.4, -0.2) is 143 Å². The van der Waals surface area contributed by atoms with Crippen LogP contribution >= 0.6 is 0 Å². The highest BCUT2D eigenvalue weighted by Crippen LogP contribution is 2.29. The molecule has 16 nitrogen and oxygen atoms in total. The minimum Gasteiger partial charge on any atom is -0.469 e. The molecule has 0 aromatic heterocycles. The Morgan fingerprint density at radius 1 is 0.846 bits per heavy atom. The van der Waals surface area contributed by atoms with Crippen LogP contribution in [0.4, 0.5) is 0 Å². The van der Waals surface area contributed by atoms with Gasteiger partial charge < -0.3 is 65.0 Å². The number of rotatable bonds is 14. The Morgan fingerprint density at radius 3 is 2.10 bits per heavy atom. The smallest absolute Gasteiger partial charge is 0.305 e. The van der Waals surface area contributed by atoms with Crippen molar-refractivity contribution in [2.75, 3.05) is 33.5 Å². The van der Waals surface area contributed by atoms with E-state index in [9.17, 15) is 45.0 Å². The first-order valence-corrected chi connectivity index (χ1v) is 12.7. The second kappa shape index (κ2) is 16.3. The lowest BCUT2D eigenvalue weighted by atomic mass is 9.95. The molecule has 2 aliphatic heterocycles. The lowest BCUT2D eigenvalue weighted by molar-refractivity contribution is -0.348. The topological polar surface area (TPSA) is 243 Å². The van der Waals surface area contributed by atoms with Crippen molar-refractivity contribution < 1.29 is 68.7 Å². The molecule has 0 aliphatic carbocycles. The number of carbonyl (C=O) groups excluding carboxylic acids is 3. The molecule has 2 heterocycles. The Hall–Kier alpha value is -1.99. The summed E-state index contributed by atoms with van der Waals surface area (Å²) >= 11 is 0. The summed E-state index contributed by atoms with van der Waals surface area (Å²) in [5.41, 5.74) is 0. The second-order valence-electron chi connectivity index (χ2n) is 9.24. The van der Waals surface area contributed by atoms with Crippen molar-refractivity contribution in [2.24, 2.45) is 0 Å². The molecule has 226 valence electrons. The van der Waals surface area contributed by atoms with E-state index >= 15 is 0 Å². The fourth-order valence-corrected chi connectivity index (χ4v) is 4.21. The van der Waals surface area contributed by atoms with E-state index in [0.717, 1.165) is 0 Å². The standard InChI is InChI=1S/C23H40N2O14/c1-11(28)25-16-18(32)21(39-23-20(34)19(33)17(31)12(9-26)37-23)13(10-27)38-22(16)36-8-7-24-14(29)5-3-4-6-15(30)35-2/h12-13,16-23,26-27,31-34H,3-10H2,1-2H3,(H,24,29)(H,25,28)/t12-,13-,16-,17+,18-,19+,20-,21+,22+,23+/m1/s1. The van der Waals surface area contributed by atoms with Gasteiger partial charge in [0, 0.05) is 26.3 Å². The molecule has 0 aromatic carbocycles. The normalized spacial score (nSPS) is 34.8. The molecule has 0 bridgehead atoms. The number of methoxy groups -OCH3 is 1. The van der Waals surface area contributed by atoms with Gasteiger partial charge in [0.05, 0.1) is 26.9 Å². The number of aliphatic hydroxyl groups is 6. The van der Waals surface area contributed by atoms with Crippen LogP contribution in [-0.2, 0) is 38.1 Å². The van der Waals surface area contributed by atoms with Gasteiger partial charge in [-0.05, 0) is 12.8 Å². The SMILES string of the molecule is COC(=O)CCCCC(=O)NCCO[C@H]1O[C@H](CO)[C@H](O[C@@H]2O[C@H](CO)[C@H](O)[C@H](O)[C@H]2O)[C@H](O)[C@H]1NC(C)=O. The van der Waals surface area contributed by atoms with E-state index in [1.165, 1.54) is 14.0 Å². The van der Waals surface area contributed by atoms with Crippen molar-refractivity contribution in [3.8, 4) is 0 Å². The molecule has 2 amide bonds. The minimum absolute atomic E-state index is 0.0627. The average molecular weight is 569 g/mol. The van der Waals surface area contributed by atoms with Crippen molar-refractivity contribution >= 4 is 17.8 Å². The van der Waals surface area contributed by atoms with Gasteiger partial charge >= 0.3 is 5.97 Å². The van der Waals surface area contributed by atoms with Gasteiger partial charge in [-0.2, -0.15) is 0 Å². The third kappa shape index (κ3) is 9.56. The summed E-state index contributed by atoms with van der Waals surface area (Å²) in [7, 11) is 1.29. The number of hydrogen-bond donors (Lipinski definition) is 8. The lowest BCUT2D eigenvalue weighted by Crippen LogP contribution is -2.67. The van der Waals surface area contributed by atoms with E-state index in [1.807, 2.05) is 0 Å². The highest BCUT2D eigenvalue weighted by molar-refractivity contribution is 5.76. The molecule has 10 atom stereocenters. The number of carbonyl (C=O) groups is 3. The number of hydrogen-bond acceptors (Lipinski definition) is 14. The summed E-state index contributed by atoms with van der Waals surface area (Å²) in [6, 6.07) is -1.21. The summed E-state index contributed by atoms with van der Waals surface area (Å²) in [5.74, 6) is -1.17. The fourth-order valence-electron chi connectivity index (χ4n) is 4.21. The van der Waals surface area contributed by atoms with Crippen LogP contribution in [0.15, 0.2) is 0 Å². The summed E-state index contributed by atoms with van der Waals surface area (Å²) < 4.78 is 26.8. The van der Waals surface area contributed by atoms with Crippen LogP contribution in [0.3, 0.4) is 0 Å². The molecule has 2 rings (SSSR count). The van der Waals surface area contributed by atoms with Crippen molar-refractivity contribution in [1.82, 2.24) is 10.6 Å². The molecule has 0 radical (unpaired) electrons. The maximum Gasteiger partial charge on any atom is 0.305 e. The predicted octanol–water partition coefficient (Wildman–Crippen LogP) is -4.38. The zero-order valence-electron chi connectivity index (χ0n) is 21.9. The molecule has 2 fully saturated rings. The zero-order valence-corrected chi connectivity index (χ0v) is 21.9. The van der Waals surface area contributed by atoms with Crippen molar-refractivity contribution in [1.29, 1.82) is 0 Å². The van der Waals surface area contributed by atoms with Gasteiger partial charge in [0.2, 0.25) is 11.8 Å². The molecule has 2 aliphatic rings. The largest absolute Gasteiger partial charge is 0.469 e. The first-order chi connectivity index (χ1) is 18.5.